The highest BCUT2D eigenvalue weighted by molar-refractivity contribution is 6.31. The summed E-state index contributed by atoms with van der Waals surface area (Å²) in [6.45, 7) is 2.86. The largest absolute Gasteiger partial charge is 0.354 e. The second-order valence-corrected chi connectivity index (χ2v) is 7.30. The Kier molecular flexibility index (Phi) is 6.07. The maximum Gasteiger partial charge on any atom is 0.129 e. The van der Waals surface area contributed by atoms with Gasteiger partial charge in [-0.2, -0.15) is 0 Å². The minimum Gasteiger partial charge on any atom is -0.354 e. The summed E-state index contributed by atoms with van der Waals surface area (Å²) < 4.78 is 20.4. The van der Waals surface area contributed by atoms with Crippen molar-refractivity contribution in [3.05, 3.63) is 65.1 Å². The third-order valence-corrected chi connectivity index (χ3v) is 4.92. The number of hydrogen-bond acceptors (Lipinski definition) is 5. The fraction of sp³-hybridized carbons (Fsp3) is 0.250. The molecule has 1 aliphatic rings. The first-order valence-electron chi connectivity index (χ1n) is 8.70. The van der Waals surface area contributed by atoms with Crippen LogP contribution in [0.1, 0.15) is 12.5 Å². The Labute approximate surface area is 173 Å². The quantitative estimate of drug-likeness (QED) is 0.586. The number of nitrogens with one attached hydrogen (secondary N) is 2. The van der Waals surface area contributed by atoms with Crippen LogP contribution in [0.5, 0.6) is 0 Å². The minimum absolute atomic E-state index is 0. The number of para-hydroxylation sites is 1. The van der Waals surface area contributed by atoms with Crippen molar-refractivity contribution >= 4 is 46.3 Å². The number of ether oxygens (including phenoxy) is 1. The third-order valence-electron chi connectivity index (χ3n) is 4.71. The number of benzene rings is 2. The summed E-state index contributed by atoms with van der Waals surface area (Å²) in [6.07, 6.45) is 1.13. The van der Waals surface area contributed by atoms with Gasteiger partial charge in [0.2, 0.25) is 0 Å². The van der Waals surface area contributed by atoms with Crippen LogP contribution in [0.2, 0.25) is 5.02 Å². The SMILES string of the molecule is CC1(c2cc(Nc3cccc4cc(Cl)cnc34)ccc2F)CNC[C@H](N)O1.Cl. The second kappa shape index (κ2) is 8.19. The van der Waals surface area contributed by atoms with Crippen molar-refractivity contribution < 1.29 is 9.13 Å². The lowest BCUT2D eigenvalue weighted by molar-refractivity contribution is -0.109. The summed E-state index contributed by atoms with van der Waals surface area (Å²) in [7, 11) is 0. The maximum atomic E-state index is 14.6. The van der Waals surface area contributed by atoms with Crippen LogP contribution in [0.3, 0.4) is 0 Å². The Hall–Kier alpha value is -1.96. The lowest BCUT2D eigenvalue weighted by atomic mass is 9.93. The van der Waals surface area contributed by atoms with Gasteiger partial charge in [-0.15, -0.1) is 12.4 Å². The maximum absolute atomic E-state index is 14.6. The van der Waals surface area contributed by atoms with E-state index in [0.29, 0.717) is 23.7 Å². The van der Waals surface area contributed by atoms with Gasteiger partial charge in [0, 0.05) is 35.9 Å². The molecule has 0 amide bonds. The Balaban J connectivity index is 0.00000225. The van der Waals surface area contributed by atoms with Crippen LogP contribution >= 0.6 is 24.0 Å². The molecule has 1 saturated heterocycles. The third kappa shape index (κ3) is 4.06. The van der Waals surface area contributed by atoms with Crippen LogP contribution in [-0.4, -0.2) is 24.3 Å². The molecule has 2 aromatic carbocycles. The monoisotopic (exact) mass is 422 g/mol. The van der Waals surface area contributed by atoms with E-state index in [1.807, 2.05) is 31.2 Å². The fourth-order valence-electron chi connectivity index (χ4n) is 3.43. The molecule has 4 rings (SSSR count). The van der Waals surface area contributed by atoms with Crippen molar-refractivity contribution in [1.82, 2.24) is 10.3 Å². The molecule has 0 saturated carbocycles. The second-order valence-electron chi connectivity index (χ2n) is 6.87. The van der Waals surface area contributed by atoms with E-state index in [4.69, 9.17) is 22.1 Å². The van der Waals surface area contributed by atoms with Gasteiger partial charge in [0.1, 0.15) is 17.6 Å². The molecular weight excluding hydrogens is 402 g/mol. The first-order chi connectivity index (χ1) is 12.9. The molecule has 0 bridgehead atoms. The van der Waals surface area contributed by atoms with Crippen molar-refractivity contribution in [3.63, 3.8) is 0 Å². The van der Waals surface area contributed by atoms with Gasteiger partial charge in [-0.25, -0.2) is 4.39 Å². The van der Waals surface area contributed by atoms with E-state index < -0.39 is 11.8 Å². The molecule has 4 N–H and O–H groups in total. The summed E-state index contributed by atoms with van der Waals surface area (Å²) in [4.78, 5) is 4.41. The number of halogens is 3. The minimum atomic E-state index is -0.843. The van der Waals surface area contributed by atoms with Crippen molar-refractivity contribution in [2.45, 2.75) is 18.8 Å². The van der Waals surface area contributed by atoms with Gasteiger partial charge in [0.25, 0.3) is 0 Å². The van der Waals surface area contributed by atoms with Gasteiger partial charge in [-0.1, -0.05) is 23.7 Å². The van der Waals surface area contributed by atoms with Crippen LogP contribution in [-0.2, 0) is 10.3 Å². The normalized spacial score (nSPS) is 21.9. The van der Waals surface area contributed by atoms with E-state index in [2.05, 4.69) is 15.6 Å². The number of fused-ring (bicyclic) bond motifs is 1. The number of anilines is 2. The summed E-state index contributed by atoms with van der Waals surface area (Å²) >= 11 is 6.03. The van der Waals surface area contributed by atoms with Gasteiger partial charge < -0.3 is 21.1 Å². The molecule has 0 aliphatic carbocycles. The van der Waals surface area contributed by atoms with Gasteiger partial charge >= 0.3 is 0 Å². The van der Waals surface area contributed by atoms with Gasteiger partial charge in [0.05, 0.1) is 16.2 Å². The zero-order chi connectivity index (χ0) is 19.0. The zero-order valence-electron chi connectivity index (χ0n) is 15.2. The van der Waals surface area contributed by atoms with Crippen molar-refractivity contribution in [3.8, 4) is 0 Å². The molecule has 0 radical (unpaired) electrons. The van der Waals surface area contributed by atoms with Crippen LogP contribution in [0.25, 0.3) is 10.9 Å². The van der Waals surface area contributed by atoms with E-state index in [1.54, 1.807) is 18.3 Å². The molecule has 0 spiro atoms. The zero-order valence-corrected chi connectivity index (χ0v) is 16.8. The lowest BCUT2D eigenvalue weighted by Gasteiger charge is -2.38. The lowest BCUT2D eigenvalue weighted by Crippen LogP contribution is -2.53. The number of aromatic nitrogens is 1. The van der Waals surface area contributed by atoms with Crippen LogP contribution in [0, 0.1) is 5.82 Å². The van der Waals surface area contributed by atoms with E-state index in [-0.39, 0.29) is 18.2 Å². The molecule has 5 nitrogen and oxygen atoms in total. The van der Waals surface area contributed by atoms with Gasteiger partial charge in [-0.05, 0) is 37.3 Å². The summed E-state index contributed by atoms with van der Waals surface area (Å²) in [5.41, 5.74) is 7.83. The molecule has 1 unspecified atom stereocenters. The average molecular weight is 423 g/mol. The molecule has 2 atom stereocenters. The summed E-state index contributed by atoms with van der Waals surface area (Å²) in [5, 5.41) is 8.01. The molecule has 8 heteroatoms. The van der Waals surface area contributed by atoms with E-state index in [1.165, 1.54) is 6.07 Å². The highest BCUT2D eigenvalue weighted by Gasteiger charge is 2.35. The first-order valence-corrected chi connectivity index (χ1v) is 9.08. The Bertz CT molecular complexity index is 1000. The number of pyridine rings is 1. The van der Waals surface area contributed by atoms with E-state index in [0.717, 1.165) is 22.3 Å². The predicted molar refractivity (Wildman–Crippen MR) is 113 cm³/mol. The molecule has 1 fully saturated rings. The van der Waals surface area contributed by atoms with E-state index in [9.17, 15) is 4.39 Å². The topological polar surface area (TPSA) is 72.2 Å². The van der Waals surface area contributed by atoms with Crippen molar-refractivity contribution in [1.29, 1.82) is 0 Å². The molecule has 1 aromatic heterocycles. The van der Waals surface area contributed by atoms with Gasteiger partial charge in [-0.3, -0.25) is 4.98 Å². The molecule has 28 heavy (non-hydrogen) atoms. The van der Waals surface area contributed by atoms with Crippen LogP contribution in [0.15, 0.2) is 48.7 Å². The molecule has 1 aliphatic heterocycles. The van der Waals surface area contributed by atoms with Crippen LogP contribution in [0.4, 0.5) is 15.8 Å². The van der Waals surface area contributed by atoms with Crippen LogP contribution < -0.4 is 16.4 Å². The fourth-order valence-corrected chi connectivity index (χ4v) is 3.59. The number of rotatable bonds is 3. The average Bonchev–Trinajstić information content (AvgIpc) is 2.63. The molecule has 2 heterocycles. The summed E-state index contributed by atoms with van der Waals surface area (Å²) in [6, 6.07) is 12.5. The first kappa shape index (κ1) is 20.8. The molecular formula is C20H21Cl2FN4O. The van der Waals surface area contributed by atoms with Crippen molar-refractivity contribution in [2.24, 2.45) is 5.73 Å². The van der Waals surface area contributed by atoms with Gasteiger partial charge in [0.15, 0.2) is 0 Å². The number of hydrogen-bond donors (Lipinski definition) is 3. The van der Waals surface area contributed by atoms with Crippen molar-refractivity contribution in [2.75, 3.05) is 18.4 Å². The Morgan fingerprint density at radius 1 is 1.32 bits per heavy atom. The smallest absolute Gasteiger partial charge is 0.129 e. The number of morpholine rings is 1. The Morgan fingerprint density at radius 3 is 2.93 bits per heavy atom. The number of nitrogens with zero attached hydrogens (tertiary/aromatic N) is 1. The highest BCUT2D eigenvalue weighted by Crippen LogP contribution is 2.33. The van der Waals surface area contributed by atoms with E-state index >= 15 is 0 Å². The molecule has 3 aromatic rings. The Morgan fingerprint density at radius 2 is 2.14 bits per heavy atom. The molecule has 148 valence electrons. The predicted octanol–water partition coefficient (Wildman–Crippen LogP) is 4.31. The highest BCUT2D eigenvalue weighted by atomic mass is 35.5. The summed E-state index contributed by atoms with van der Waals surface area (Å²) in [5.74, 6) is -0.332. The number of nitrogens with two attached hydrogens (primary N) is 1. The standard InChI is InChI=1S/C20H20ClFN4O.ClH/c1-20(11-24-10-18(23)27-20)15-8-14(5-6-16(15)22)26-17-4-2-3-12-7-13(21)9-25-19(12)17;/h2-9,18,24,26H,10-11,23H2,1H3;1H/t18-,20?;/m1./s1.